The molecule has 1 rings (SSSR count). The molecule has 2 N–H and O–H groups in total. The highest BCUT2D eigenvalue weighted by molar-refractivity contribution is 5.24. The molecule has 0 atom stereocenters. The molecule has 0 spiro atoms. The highest BCUT2D eigenvalue weighted by Crippen LogP contribution is 2.09. The van der Waals surface area contributed by atoms with E-state index in [0.29, 0.717) is 12.5 Å². The Balaban J connectivity index is 2.66. The van der Waals surface area contributed by atoms with Crippen LogP contribution in [-0.4, -0.2) is 45.2 Å². The topological polar surface area (TPSA) is 61.3 Å². The molecule has 0 bridgehead atoms. The fraction of sp³-hybridized carbons (Fsp3) is 0.692. The molecule has 0 saturated carbocycles. The molecule has 0 fully saturated rings. The first kappa shape index (κ1) is 14.9. The maximum absolute atomic E-state index is 9.85. The van der Waals surface area contributed by atoms with E-state index in [9.17, 15) is 5.11 Å². The normalized spacial score (nSPS) is 11.9. The maximum Gasteiger partial charge on any atom is 0.222 e. The van der Waals surface area contributed by atoms with Crippen LogP contribution in [0.25, 0.3) is 0 Å². The molecule has 0 radical (unpaired) electrons. The first-order chi connectivity index (χ1) is 8.44. The zero-order chi connectivity index (χ0) is 13.6. The van der Waals surface area contributed by atoms with Crippen LogP contribution in [-0.2, 0) is 6.54 Å². The smallest absolute Gasteiger partial charge is 0.222 e. The van der Waals surface area contributed by atoms with Gasteiger partial charge >= 0.3 is 0 Å². The molecule has 0 amide bonds. The zero-order valence-electron chi connectivity index (χ0n) is 11.8. The SMILES string of the molecule is CCNc1nccc(CN(CC)CC(C)(C)O)n1. The Labute approximate surface area is 109 Å². The second-order valence-corrected chi connectivity index (χ2v) is 5.02. The van der Waals surface area contributed by atoms with Gasteiger partial charge < -0.3 is 10.4 Å². The summed E-state index contributed by atoms with van der Waals surface area (Å²) in [7, 11) is 0. The lowest BCUT2D eigenvalue weighted by molar-refractivity contribution is 0.0350. The first-order valence-corrected chi connectivity index (χ1v) is 6.45. The molecule has 0 unspecified atom stereocenters. The summed E-state index contributed by atoms with van der Waals surface area (Å²) in [6, 6.07) is 1.91. The number of likely N-dealkylation sites (N-methyl/N-ethyl adjacent to an activating group) is 1. The minimum absolute atomic E-state index is 0.629. The van der Waals surface area contributed by atoms with Crippen molar-refractivity contribution in [3.8, 4) is 0 Å². The van der Waals surface area contributed by atoms with Gasteiger partial charge in [0.1, 0.15) is 0 Å². The average molecular weight is 252 g/mol. The van der Waals surface area contributed by atoms with Crippen LogP contribution in [0.4, 0.5) is 5.95 Å². The summed E-state index contributed by atoms with van der Waals surface area (Å²) in [6.07, 6.45) is 1.76. The molecule has 5 nitrogen and oxygen atoms in total. The van der Waals surface area contributed by atoms with Gasteiger partial charge in [-0.25, -0.2) is 9.97 Å². The Morgan fingerprint density at radius 1 is 1.39 bits per heavy atom. The largest absolute Gasteiger partial charge is 0.389 e. The van der Waals surface area contributed by atoms with E-state index in [1.165, 1.54) is 0 Å². The maximum atomic E-state index is 9.85. The second kappa shape index (κ2) is 6.66. The summed E-state index contributed by atoms with van der Waals surface area (Å²) in [5.74, 6) is 0.661. The molecule has 1 aromatic rings. The van der Waals surface area contributed by atoms with E-state index in [4.69, 9.17) is 0 Å². The third-order valence-corrected chi connectivity index (χ3v) is 2.49. The molecule has 1 heterocycles. The Morgan fingerprint density at radius 2 is 2.11 bits per heavy atom. The molecule has 0 aliphatic rings. The highest BCUT2D eigenvalue weighted by Gasteiger charge is 2.17. The van der Waals surface area contributed by atoms with Gasteiger partial charge in [0.15, 0.2) is 0 Å². The Morgan fingerprint density at radius 3 is 2.67 bits per heavy atom. The molecule has 102 valence electrons. The number of aliphatic hydroxyl groups is 1. The number of nitrogens with zero attached hydrogens (tertiary/aromatic N) is 3. The van der Waals surface area contributed by atoms with Gasteiger partial charge in [0, 0.05) is 25.8 Å². The predicted molar refractivity (Wildman–Crippen MR) is 73.4 cm³/mol. The number of hydrogen-bond donors (Lipinski definition) is 2. The lowest BCUT2D eigenvalue weighted by Gasteiger charge is -2.27. The summed E-state index contributed by atoms with van der Waals surface area (Å²) in [5.41, 5.74) is 0.278. The van der Waals surface area contributed by atoms with E-state index < -0.39 is 5.60 Å². The van der Waals surface area contributed by atoms with Crippen molar-refractivity contribution in [1.82, 2.24) is 14.9 Å². The van der Waals surface area contributed by atoms with Crippen LogP contribution in [0, 0.1) is 0 Å². The lowest BCUT2D eigenvalue weighted by Crippen LogP contribution is -2.38. The number of hydrogen-bond acceptors (Lipinski definition) is 5. The Bertz CT molecular complexity index is 362. The Hall–Kier alpha value is -1.20. The van der Waals surface area contributed by atoms with E-state index in [0.717, 1.165) is 25.3 Å². The van der Waals surface area contributed by atoms with Crippen LogP contribution in [0.2, 0.25) is 0 Å². The van der Waals surface area contributed by atoms with Gasteiger partial charge in [-0.15, -0.1) is 0 Å². The lowest BCUT2D eigenvalue weighted by atomic mass is 10.1. The van der Waals surface area contributed by atoms with E-state index in [1.807, 2.05) is 26.8 Å². The number of aromatic nitrogens is 2. The van der Waals surface area contributed by atoms with Crippen molar-refractivity contribution in [2.75, 3.05) is 25.0 Å². The molecular weight excluding hydrogens is 228 g/mol. The van der Waals surface area contributed by atoms with Crippen LogP contribution in [0.1, 0.15) is 33.4 Å². The zero-order valence-corrected chi connectivity index (χ0v) is 11.8. The van der Waals surface area contributed by atoms with Crippen molar-refractivity contribution < 1.29 is 5.11 Å². The molecule has 18 heavy (non-hydrogen) atoms. The van der Waals surface area contributed by atoms with Crippen molar-refractivity contribution in [3.05, 3.63) is 18.0 Å². The molecule has 5 heteroatoms. The molecule has 0 aliphatic heterocycles. The van der Waals surface area contributed by atoms with E-state index in [2.05, 4.69) is 27.1 Å². The standard InChI is InChI=1S/C13H24N4O/c1-5-14-12-15-8-7-11(16-12)9-17(6-2)10-13(3,4)18/h7-8,18H,5-6,9-10H2,1-4H3,(H,14,15,16). The minimum atomic E-state index is -0.687. The van der Waals surface area contributed by atoms with Gasteiger partial charge in [-0.2, -0.15) is 0 Å². The average Bonchev–Trinajstić information content (AvgIpc) is 2.27. The fourth-order valence-electron chi connectivity index (χ4n) is 1.78. The van der Waals surface area contributed by atoms with Crippen molar-refractivity contribution in [3.63, 3.8) is 0 Å². The first-order valence-electron chi connectivity index (χ1n) is 6.45. The second-order valence-electron chi connectivity index (χ2n) is 5.02. The van der Waals surface area contributed by atoms with E-state index in [1.54, 1.807) is 6.20 Å². The van der Waals surface area contributed by atoms with Crippen LogP contribution < -0.4 is 5.32 Å². The van der Waals surface area contributed by atoms with Gasteiger partial charge in [-0.05, 0) is 33.4 Å². The van der Waals surface area contributed by atoms with E-state index in [-0.39, 0.29) is 0 Å². The summed E-state index contributed by atoms with van der Waals surface area (Å²) >= 11 is 0. The fourth-order valence-corrected chi connectivity index (χ4v) is 1.78. The Kier molecular flexibility index (Phi) is 5.50. The molecule has 1 aromatic heterocycles. The van der Waals surface area contributed by atoms with Crippen LogP contribution in [0.3, 0.4) is 0 Å². The van der Waals surface area contributed by atoms with Crippen LogP contribution >= 0.6 is 0 Å². The van der Waals surface area contributed by atoms with Crippen molar-refractivity contribution in [2.45, 2.75) is 39.8 Å². The van der Waals surface area contributed by atoms with Crippen LogP contribution in [0.15, 0.2) is 12.3 Å². The van der Waals surface area contributed by atoms with E-state index >= 15 is 0 Å². The molecule has 0 aliphatic carbocycles. The third-order valence-electron chi connectivity index (χ3n) is 2.49. The van der Waals surface area contributed by atoms with Crippen LogP contribution in [0.5, 0.6) is 0 Å². The quantitative estimate of drug-likeness (QED) is 0.770. The summed E-state index contributed by atoms with van der Waals surface area (Å²) in [6.45, 7) is 10.8. The monoisotopic (exact) mass is 252 g/mol. The third kappa shape index (κ3) is 5.42. The molecule has 0 aromatic carbocycles. The molecule has 0 saturated heterocycles. The highest BCUT2D eigenvalue weighted by atomic mass is 16.3. The van der Waals surface area contributed by atoms with Gasteiger partial charge in [0.25, 0.3) is 0 Å². The number of anilines is 1. The number of nitrogens with one attached hydrogen (secondary N) is 1. The summed E-state index contributed by atoms with van der Waals surface area (Å²) in [5, 5.41) is 12.9. The summed E-state index contributed by atoms with van der Waals surface area (Å²) in [4.78, 5) is 10.7. The van der Waals surface area contributed by atoms with Gasteiger partial charge in [-0.1, -0.05) is 6.92 Å². The van der Waals surface area contributed by atoms with Gasteiger partial charge in [-0.3, -0.25) is 4.90 Å². The summed E-state index contributed by atoms with van der Waals surface area (Å²) < 4.78 is 0. The van der Waals surface area contributed by atoms with Crippen molar-refractivity contribution in [2.24, 2.45) is 0 Å². The van der Waals surface area contributed by atoms with Crippen molar-refractivity contribution >= 4 is 5.95 Å². The number of rotatable bonds is 7. The van der Waals surface area contributed by atoms with Crippen molar-refractivity contribution in [1.29, 1.82) is 0 Å². The molecular formula is C13H24N4O. The van der Waals surface area contributed by atoms with Gasteiger partial charge in [0.2, 0.25) is 5.95 Å². The van der Waals surface area contributed by atoms with Gasteiger partial charge in [0.05, 0.1) is 11.3 Å². The predicted octanol–water partition coefficient (Wildman–Crippen LogP) is 1.50. The minimum Gasteiger partial charge on any atom is -0.389 e.